The van der Waals surface area contributed by atoms with Crippen molar-refractivity contribution in [1.29, 1.82) is 0 Å². The van der Waals surface area contributed by atoms with Crippen molar-refractivity contribution in [3.8, 4) is 5.75 Å². The Morgan fingerprint density at radius 1 is 1.50 bits per heavy atom. The average Bonchev–Trinajstić information content (AvgIpc) is 2.18. The Balaban J connectivity index is 2.18. The normalized spacial score (nSPS) is 20.5. The molecule has 0 saturated carbocycles. The monoisotopic (exact) mass is 191 g/mol. The molecule has 0 spiro atoms. The van der Waals surface area contributed by atoms with Crippen molar-refractivity contribution in [3.05, 3.63) is 29.3 Å². The zero-order valence-electron chi connectivity index (χ0n) is 8.59. The van der Waals surface area contributed by atoms with E-state index in [1.165, 1.54) is 17.5 Å². The number of fused-ring (bicyclic) bond motifs is 1. The molecule has 76 valence electrons. The van der Waals surface area contributed by atoms with E-state index >= 15 is 0 Å². The molecule has 1 aliphatic rings. The van der Waals surface area contributed by atoms with Crippen LogP contribution in [0.15, 0.2) is 18.2 Å². The number of hydrogen-bond acceptors (Lipinski definition) is 2. The molecule has 14 heavy (non-hydrogen) atoms. The van der Waals surface area contributed by atoms with Gasteiger partial charge in [0, 0.05) is 0 Å². The number of phenols is 1. The largest absolute Gasteiger partial charge is 0.508 e. The highest BCUT2D eigenvalue weighted by molar-refractivity contribution is 5.40. The minimum atomic E-state index is 0.477. The van der Waals surface area contributed by atoms with Crippen LogP contribution >= 0.6 is 0 Å². The minimum Gasteiger partial charge on any atom is -0.508 e. The fourth-order valence-electron chi connectivity index (χ4n) is 2.33. The van der Waals surface area contributed by atoms with Gasteiger partial charge in [-0.05, 0) is 56.0 Å². The lowest BCUT2D eigenvalue weighted by Gasteiger charge is -2.24. The Bertz CT molecular complexity index is 322. The lowest BCUT2D eigenvalue weighted by atomic mass is 9.83. The standard InChI is InChI=1S/C12H17NO/c1-13-8-9-5-6-11-10(7-9)3-2-4-12(11)14/h2-4,9,13-14H,5-8H2,1H3. The van der Waals surface area contributed by atoms with E-state index in [2.05, 4.69) is 11.4 Å². The maximum Gasteiger partial charge on any atom is 0.119 e. The van der Waals surface area contributed by atoms with E-state index in [9.17, 15) is 5.11 Å². The molecule has 0 saturated heterocycles. The van der Waals surface area contributed by atoms with Crippen LogP contribution in [0.4, 0.5) is 0 Å². The minimum absolute atomic E-state index is 0.477. The molecule has 1 unspecified atom stereocenters. The molecule has 1 aromatic rings. The first-order chi connectivity index (χ1) is 6.81. The first-order valence-corrected chi connectivity index (χ1v) is 5.25. The molecule has 2 heteroatoms. The smallest absolute Gasteiger partial charge is 0.119 e. The van der Waals surface area contributed by atoms with E-state index in [0.29, 0.717) is 5.75 Å². The van der Waals surface area contributed by atoms with Gasteiger partial charge >= 0.3 is 0 Å². The van der Waals surface area contributed by atoms with Crippen LogP contribution in [0.2, 0.25) is 0 Å². The molecular weight excluding hydrogens is 174 g/mol. The lowest BCUT2D eigenvalue weighted by molar-refractivity contribution is 0.418. The van der Waals surface area contributed by atoms with Gasteiger partial charge in [0.1, 0.15) is 5.75 Å². The molecule has 0 aliphatic heterocycles. The summed E-state index contributed by atoms with van der Waals surface area (Å²) in [6, 6.07) is 5.87. The molecule has 0 aromatic heterocycles. The molecule has 2 nitrogen and oxygen atoms in total. The van der Waals surface area contributed by atoms with E-state index in [4.69, 9.17) is 0 Å². The van der Waals surface area contributed by atoms with E-state index in [-0.39, 0.29) is 0 Å². The van der Waals surface area contributed by atoms with Crippen molar-refractivity contribution in [1.82, 2.24) is 5.32 Å². The summed E-state index contributed by atoms with van der Waals surface area (Å²) in [6.07, 6.45) is 3.31. The van der Waals surface area contributed by atoms with E-state index in [1.807, 2.05) is 13.1 Å². The Morgan fingerprint density at radius 3 is 3.14 bits per heavy atom. The van der Waals surface area contributed by atoms with Crippen molar-refractivity contribution in [2.24, 2.45) is 5.92 Å². The zero-order valence-corrected chi connectivity index (χ0v) is 8.59. The van der Waals surface area contributed by atoms with Crippen molar-refractivity contribution in [2.45, 2.75) is 19.3 Å². The summed E-state index contributed by atoms with van der Waals surface area (Å²) in [7, 11) is 2.00. The highest BCUT2D eigenvalue weighted by atomic mass is 16.3. The van der Waals surface area contributed by atoms with E-state index in [0.717, 1.165) is 25.3 Å². The van der Waals surface area contributed by atoms with Gasteiger partial charge in [0.2, 0.25) is 0 Å². The summed E-state index contributed by atoms with van der Waals surface area (Å²) in [6.45, 7) is 1.08. The second-order valence-electron chi connectivity index (χ2n) is 4.08. The van der Waals surface area contributed by atoms with Gasteiger partial charge in [0.05, 0.1) is 0 Å². The van der Waals surface area contributed by atoms with Crippen molar-refractivity contribution >= 4 is 0 Å². The third kappa shape index (κ3) is 1.75. The fourth-order valence-corrected chi connectivity index (χ4v) is 2.33. The molecule has 2 N–H and O–H groups in total. The van der Waals surface area contributed by atoms with Crippen LogP contribution in [0.5, 0.6) is 5.75 Å². The van der Waals surface area contributed by atoms with Crippen LogP contribution in [-0.4, -0.2) is 18.7 Å². The number of nitrogens with one attached hydrogen (secondary N) is 1. The number of aromatic hydroxyl groups is 1. The molecule has 2 rings (SSSR count). The van der Waals surface area contributed by atoms with Gasteiger partial charge in [0.15, 0.2) is 0 Å². The summed E-state index contributed by atoms with van der Waals surface area (Å²) in [4.78, 5) is 0. The Kier molecular flexibility index (Phi) is 2.73. The van der Waals surface area contributed by atoms with Gasteiger partial charge in [-0.15, -0.1) is 0 Å². The van der Waals surface area contributed by atoms with Crippen molar-refractivity contribution in [3.63, 3.8) is 0 Å². The summed E-state index contributed by atoms with van der Waals surface area (Å²) in [5, 5.41) is 12.9. The number of benzene rings is 1. The summed E-state index contributed by atoms with van der Waals surface area (Å²) < 4.78 is 0. The molecule has 1 aliphatic carbocycles. The van der Waals surface area contributed by atoms with E-state index < -0.39 is 0 Å². The number of hydrogen-bond donors (Lipinski definition) is 2. The topological polar surface area (TPSA) is 32.3 Å². The van der Waals surface area contributed by atoms with Gasteiger partial charge in [0.25, 0.3) is 0 Å². The number of rotatable bonds is 2. The third-order valence-corrected chi connectivity index (χ3v) is 3.05. The predicted molar refractivity (Wildman–Crippen MR) is 57.5 cm³/mol. The van der Waals surface area contributed by atoms with Crippen LogP contribution in [0, 0.1) is 5.92 Å². The Morgan fingerprint density at radius 2 is 2.36 bits per heavy atom. The molecule has 1 atom stereocenters. The van der Waals surface area contributed by atoms with Crippen LogP contribution in [0.3, 0.4) is 0 Å². The van der Waals surface area contributed by atoms with E-state index in [1.54, 1.807) is 6.07 Å². The lowest BCUT2D eigenvalue weighted by Crippen LogP contribution is -2.24. The molecule has 0 bridgehead atoms. The van der Waals surface area contributed by atoms with Crippen molar-refractivity contribution < 1.29 is 5.11 Å². The molecular formula is C12H17NO. The highest BCUT2D eigenvalue weighted by Crippen LogP contribution is 2.30. The van der Waals surface area contributed by atoms with Gasteiger partial charge in [-0.3, -0.25) is 0 Å². The Hall–Kier alpha value is -1.02. The fraction of sp³-hybridized carbons (Fsp3) is 0.500. The maximum atomic E-state index is 9.66. The molecule has 0 amide bonds. The molecule has 0 heterocycles. The predicted octanol–water partition coefficient (Wildman–Crippen LogP) is 1.72. The third-order valence-electron chi connectivity index (χ3n) is 3.05. The molecule has 0 radical (unpaired) electrons. The first kappa shape index (κ1) is 9.53. The second-order valence-corrected chi connectivity index (χ2v) is 4.08. The van der Waals surface area contributed by atoms with Crippen LogP contribution in [-0.2, 0) is 12.8 Å². The SMILES string of the molecule is CNCC1CCc2c(O)cccc2C1. The summed E-state index contributed by atoms with van der Waals surface area (Å²) in [5.74, 6) is 1.21. The molecule has 0 fully saturated rings. The van der Waals surface area contributed by atoms with Gasteiger partial charge < -0.3 is 10.4 Å². The van der Waals surface area contributed by atoms with Crippen LogP contribution in [0.1, 0.15) is 17.5 Å². The zero-order chi connectivity index (χ0) is 9.97. The average molecular weight is 191 g/mol. The quantitative estimate of drug-likeness (QED) is 0.746. The second kappa shape index (κ2) is 4.01. The van der Waals surface area contributed by atoms with Crippen LogP contribution in [0.25, 0.3) is 0 Å². The summed E-state index contributed by atoms with van der Waals surface area (Å²) >= 11 is 0. The van der Waals surface area contributed by atoms with Crippen molar-refractivity contribution in [2.75, 3.05) is 13.6 Å². The highest BCUT2D eigenvalue weighted by Gasteiger charge is 2.19. The first-order valence-electron chi connectivity index (χ1n) is 5.25. The molecule has 1 aromatic carbocycles. The van der Waals surface area contributed by atoms with Crippen LogP contribution < -0.4 is 5.32 Å². The summed E-state index contributed by atoms with van der Waals surface area (Å²) in [5.41, 5.74) is 2.50. The van der Waals surface area contributed by atoms with Gasteiger partial charge in [-0.2, -0.15) is 0 Å². The maximum absolute atomic E-state index is 9.66. The van der Waals surface area contributed by atoms with Gasteiger partial charge in [-0.1, -0.05) is 12.1 Å². The number of phenolic OH excluding ortho intramolecular Hbond substituents is 1. The van der Waals surface area contributed by atoms with Gasteiger partial charge in [-0.25, -0.2) is 0 Å². The Labute approximate surface area is 85.0 Å².